The molecule has 0 spiro atoms. The van der Waals surface area contributed by atoms with Crippen molar-refractivity contribution in [2.45, 2.75) is 71.3 Å². The highest BCUT2D eigenvalue weighted by atomic mass is 16.2. The van der Waals surface area contributed by atoms with Gasteiger partial charge < -0.3 is 10.4 Å². The minimum Gasteiger partial charge on any atom is -0.396 e. The third kappa shape index (κ3) is 6.16. The number of aliphatic hydroxyl groups is 1. The fraction of sp³-hybridized carbons (Fsp3) is 1.00. The van der Waals surface area contributed by atoms with E-state index in [4.69, 9.17) is 5.11 Å². The van der Waals surface area contributed by atoms with E-state index in [1.165, 1.54) is 32.1 Å². The van der Waals surface area contributed by atoms with E-state index in [-0.39, 0.29) is 0 Å². The Balaban J connectivity index is 3.54. The van der Waals surface area contributed by atoms with Crippen molar-refractivity contribution in [3.05, 3.63) is 0 Å². The van der Waals surface area contributed by atoms with Gasteiger partial charge in [0.1, 0.15) is 0 Å². The van der Waals surface area contributed by atoms with Gasteiger partial charge >= 0.3 is 0 Å². The summed E-state index contributed by atoms with van der Waals surface area (Å²) >= 11 is 0. The molecule has 0 aliphatic rings. The first-order valence-electron chi connectivity index (χ1n) is 6.60. The van der Waals surface area contributed by atoms with Crippen LogP contribution in [-0.2, 0) is 0 Å². The second-order valence-corrected chi connectivity index (χ2v) is 4.41. The van der Waals surface area contributed by atoms with Crippen molar-refractivity contribution in [1.29, 1.82) is 0 Å². The third-order valence-corrected chi connectivity index (χ3v) is 3.62. The summed E-state index contributed by atoms with van der Waals surface area (Å²) < 4.78 is 0. The summed E-state index contributed by atoms with van der Waals surface area (Å²) in [6.45, 7) is 8.28. The fourth-order valence-corrected chi connectivity index (χ4v) is 2.07. The molecule has 0 heterocycles. The van der Waals surface area contributed by atoms with Gasteiger partial charge in [-0.1, -0.05) is 33.6 Å². The lowest BCUT2D eigenvalue weighted by Crippen LogP contribution is -2.44. The van der Waals surface area contributed by atoms with E-state index in [9.17, 15) is 0 Å². The first kappa shape index (κ1) is 14.9. The van der Waals surface area contributed by atoms with Crippen LogP contribution in [0, 0.1) is 0 Å². The Morgan fingerprint density at radius 3 is 1.87 bits per heavy atom. The maximum absolute atomic E-state index is 8.65. The van der Waals surface area contributed by atoms with E-state index in [1.807, 2.05) is 0 Å². The van der Waals surface area contributed by atoms with Gasteiger partial charge in [-0.3, -0.25) is 0 Å². The van der Waals surface area contributed by atoms with Crippen LogP contribution in [-0.4, -0.2) is 23.8 Å². The largest absolute Gasteiger partial charge is 0.396 e. The first-order chi connectivity index (χ1) is 7.24. The summed E-state index contributed by atoms with van der Waals surface area (Å²) in [5.41, 5.74) is 0.372. The Hall–Kier alpha value is -0.0800. The summed E-state index contributed by atoms with van der Waals surface area (Å²) in [6, 6.07) is 0. The molecule has 0 aromatic heterocycles. The van der Waals surface area contributed by atoms with Crippen LogP contribution in [0.25, 0.3) is 0 Å². The second-order valence-electron chi connectivity index (χ2n) is 4.41. The van der Waals surface area contributed by atoms with Crippen molar-refractivity contribution in [3.63, 3.8) is 0 Å². The van der Waals surface area contributed by atoms with Crippen molar-refractivity contribution in [3.8, 4) is 0 Å². The van der Waals surface area contributed by atoms with E-state index >= 15 is 0 Å². The number of hydrogen-bond acceptors (Lipinski definition) is 2. The van der Waals surface area contributed by atoms with Gasteiger partial charge in [0.25, 0.3) is 0 Å². The molecule has 0 aromatic carbocycles. The molecule has 15 heavy (non-hydrogen) atoms. The third-order valence-electron chi connectivity index (χ3n) is 3.62. The van der Waals surface area contributed by atoms with Gasteiger partial charge in [-0.05, 0) is 38.6 Å². The molecule has 0 bridgehead atoms. The molecule has 0 atom stereocenters. The highest BCUT2D eigenvalue weighted by Gasteiger charge is 2.21. The summed E-state index contributed by atoms with van der Waals surface area (Å²) in [7, 11) is 0. The molecule has 0 rings (SSSR count). The molecule has 0 unspecified atom stereocenters. The van der Waals surface area contributed by atoms with Crippen LogP contribution in [0.4, 0.5) is 0 Å². The number of aliphatic hydroxyl groups excluding tert-OH is 1. The van der Waals surface area contributed by atoms with Gasteiger partial charge in [-0.15, -0.1) is 0 Å². The van der Waals surface area contributed by atoms with Crippen LogP contribution in [0.3, 0.4) is 0 Å². The van der Waals surface area contributed by atoms with E-state index in [1.54, 1.807) is 0 Å². The lowest BCUT2D eigenvalue weighted by Gasteiger charge is -2.32. The smallest absolute Gasteiger partial charge is 0.0431 e. The molecule has 2 nitrogen and oxygen atoms in total. The number of hydrogen-bond donors (Lipinski definition) is 2. The average molecular weight is 215 g/mol. The summed E-state index contributed by atoms with van der Waals surface area (Å²) in [5.74, 6) is 0. The number of nitrogens with one attached hydrogen (secondary N) is 1. The van der Waals surface area contributed by atoms with Crippen LogP contribution < -0.4 is 5.32 Å². The highest BCUT2D eigenvalue weighted by molar-refractivity contribution is 4.83. The van der Waals surface area contributed by atoms with Crippen molar-refractivity contribution in [1.82, 2.24) is 5.32 Å². The Kier molecular flexibility index (Phi) is 9.12. The summed E-state index contributed by atoms with van der Waals surface area (Å²) in [4.78, 5) is 0. The van der Waals surface area contributed by atoms with Crippen LogP contribution in [0.2, 0.25) is 0 Å². The molecule has 0 saturated carbocycles. The van der Waals surface area contributed by atoms with Crippen molar-refractivity contribution < 1.29 is 5.11 Å². The maximum Gasteiger partial charge on any atom is 0.0431 e. The maximum atomic E-state index is 8.65. The second kappa shape index (κ2) is 9.17. The zero-order chi connectivity index (χ0) is 11.6. The predicted molar refractivity (Wildman–Crippen MR) is 67.2 cm³/mol. The van der Waals surface area contributed by atoms with Crippen molar-refractivity contribution >= 4 is 0 Å². The van der Waals surface area contributed by atoms with Crippen LogP contribution in [0.5, 0.6) is 0 Å². The number of unbranched alkanes of at least 4 members (excludes halogenated alkanes) is 3. The standard InChI is InChI=1S/C13H29NO/c1-4-13(5-2,6-3)14-11-9-7-8-10-12-15/h14-15H,4-12H2,1-3H3. The van der Waals surface area contributed by atoms with E-state index in [2.05, 4.69) is 26.1 Å². The molecule has 2 N–H and O–H groups in total. The molecule has 0 fully saturated rings. The summed E-state index contributed by atoms with van der Waals surface area (Å²) in [6.07, 6.45) is 8.25. The monoisotopic (exact) mass is 215 g/mol. The van der Waals surface area contributed by atoms with Gasteiger partial charge in [-0.25, -0.2) is 0 Å². The first-order valence-corrected chi connectivity index (χ1v) is 6.60. The molecule has 2 heteroatoms. The Labute approximate surface area is 95.5 Å². The molecule has 0 radical (unpaired) electrons. The Morgan fingerprint density at radius 1 is 0.867 bits per heavy atom. The van der Waals surface area contributed by atoms with Gasteiger partial charge in [-0.2, -0.15) is 0 Å². The summed E-state index contributed by atoms with van der Waals surface area (Å²) in [5, 5.41) is 12.3. The van der Waals surface area contributed by atoms with Crippen molar-refractivity contribution in [2.75, 3.05) is 13.2 Å². The van der Waals surface area contributed by atoms with E-state index in [0.717, 1.165) is 19.4 Å². The molecule has 92 valence electrons. The SMILES string of the molecule is CCC(CC)(CC)NCCCCCCO. The molecular weight excluding hydrogens is 186 g/mol. The lowest BCUT2D eigenvalue weighted by molar-refractivity contribution is 0.275. The van der Waals surface area contributed by atoms with Crippen LogP contribution >= 0.6 is 0 Å². The molecule has 0 aromatic rings. The molecule has 0 aliphatic heterocycles. The van der Waals surface area contributed by atoms with Crippen LogP contribution in [0.1, 0.15) is 65.7 Å². The topological polar surface area (TPSA) is 32.3 Å². The van der Waals surface area contributed by atoms with E-state index in [0.29, 0.717) is 12.1 Å². The minimum atomic E-state index is 0.343. The number of rotatable bonds is 10. The Bertz CT molecular complexity index is 124. The van der Waals surface area contributed by atoms with Gasteiger partial charge in [0.15, 0.2) is 0 Å². The molecule has 0 saturated heterocycles. The van der Waals surface area contributed by atoms with Crippen molar-refractivity contribution in [2.24, 2.45) is 0 Å². The zero-order valence-electron chi connectivity index (χ0n) is 10.8. The normalized spacial score (nSPS) is 12.0. The molecule has 0 amide bonds. The highest BCUT2D eigenvalue weighted by Crippen LogP contribution is 2.19. The van der Waals surface area contributed by atoms with Gasteiger partial charge in [0.05, 0.1) is 0 Å². The molecule has 0 aliphatic carbocycles. The zero-order valence-corrected chi connectivity index (χ0v) is 10.8. The van der Waals surface area contributed by atoms with E-state index < -0.39 is 0 Å². The van der Waals surface area contributed by atoms with Gasteiger partial charge in [0, 0.05) is 12.1 Å². The predicted octanol–water partition coefficient (Wildman–Crippen LogP) is 3.10. The van der Waals surface area contributed by atoms with Gasteiger partial charge in [0.2, 0.25) is 0 Å². The Morgan fingerprint density at radius 2 is 1.40 bits per heavy atom. The van der Waals surface area contributed by atoms with Crippen LogP contribution in [0.15, 0.2) is 0 Å². The lowest BCUT2D eigenvalue weighted by atomic mass is 9.89. The quantitative estimate of drug-likeness (QED) is 0.549. The fourth-order valence-electron chi connectivity index (χ4n) is 2.07. The minimum absolute atomic E-state index is 0.343. The average Bonchev–Trinajstić information content (AvgIpc) is 2.29. The molecular formula is C13H29NO.